The van der Waals surface area contributed by atoms with E-state index in [9.17, 15) is 18.0 Å². The number of amides is 1. The molecular weight excluding hydrogens is 373 g/mol. The highest BCUT2D eigenvalue weighted by Gasteiger charge is 2.31. The summed E-state index contributed by atoms with van der Waals surface area (Å²) in [6.45, 7) is 5.94. The monoisotopic (exact) mass is 396 g/mol. The number of halogens is 3. The first-order valence-electron chi connectivity index (χ1n) is 9.07. The molecule has 3 rings (SSSR count). The number of piperazine rings is 1. The van der Waals surface area contributed by atoms with Crippen LogP contribution < -0.4 is 5.32 Å². The first-order valence-corrected chi connectivity index (χ1v) is 9.07. The maximum Gasteiger partial charge on any atom is 0.416 e. The maximum atomic E-state index is 12.9. The van der Waals surface area contributed by atoms with Crippen molar-refractivity contribution in [2.24, 2.45) is 0 Å². The lowest BCUT2D eigenvalue weighted by Crippen LogP contribution is -2.43. The molecule has 152 valence electrons. The highest BCUT2D eigenvalue weighted by Crippen LogP contribution is 2.30. The number of hydrogen-bond donors (Lipinski definition) is 1. The standard InChI is InChI=1S/C19H23F3N4O2/c1-13(14-4-3-5-15(10-14)19(20,21)22)23-18(27)17-11-16(28-24-17)12-26-8-6-25(2)7-9-26/h3-5,10-11,13H,6-9,12H2,1-2H3,(H,23,27)/t13-/m1/s1. The second-order valence-corrected chi connectivity index (χ2v) is 7.08. The van der Waals surface area contributed by atoms with E-state index in [0.29, 0.717) is 17.9 Å². The van der Waals surface area contributed by atoms with E-state index in [1.165, 1.54) is 6.07 Å². The van der Waals surface area contributed by atoms with Gasteiger partial charge in [-0.25, -0.2) is 0 Å². The predicted molar refractivity (Wildman–Crippen MR) is 96.6 cm³/mol. The summed E-state index contributed by atoms with van der Waals surface area (Å²) in [6, 6.07) is 5.87. The fourth-order valence-electron chi connectivity index (χ4n) is 3.06. The van der Waals surface area contributed by atoms with Crippen molar-refractivity contribution < 1.29 is 22.5 Å². The molecule has 2 aromatic rings. The van der Waals surface area contributed by atoms with Crippen LogP contribution in [-0.2, 0) is 12.7 Å². The van der Waals surface area contributed by atoms with E-state index in [-0.39, 0.29) is 5.69 Å². The molecule has 1 fully saturated rings. The number of rotatable bonds is 5. The Balaban J connectivity index is 1.60. The topological polar surface area (TPSA) is 61.6 Å². The highest BCUT2D eigenvalue weighted by atomic mass is 19.4. The summed E-state index contributed by atoms with van der Waals surface area (Å²) < 4.78 is 43.8. The molecule has 0 unspecified atom stereocenters. The smallest absolute Gasteiger partial charge is 0.359 e. The van der Waals surface area contributed by atoms with Crippen LogP contribution in [0.3, 0.4) is 0 Å². The summed E-state index contributed by atoms with van der Waals surface area (Å²) in [6.07, 6.45) is -4.43. The van der Waals surface area contributed by atoms with Gasteiger partial charge in [-0.1, -0.05) is 17.3 Å². The van der Waals surface area contributed by atoms with Crippen molar-refractivity contribution in [3.05, 3.63) is 52.9 Å². The Bertz CT molecular complexity index is 814. The Morgan fingerprint density at radius 3 is 2.64 bits per heavy atom. The maximum absolute atomic E-state index is 12.9. The summed E-state index contributed by atoms with van der Waals surface area (Å²) in [5.74, 6) is 0.0970. The highest BCUT2D eigenvalue weighted by molar-refractivity contribution is 5.92. The molecule has 1 atom stereocenters. The molecule has 1 aliphatic heterocycles. The fourth-order valence-corrected chi connectivity index (χ4v) is 3.06. The van der Waals surface area contributed by atoms with Crippen molar-refractivity contribution in [2.45, 2.75) is 25.7 Å². The number of alkyl halides is 3. The Hall–Kier alpha value is -2.39. The zero-order valence-electron chi connectivity index (χ0n) is 15.8. The van der Waals surface area contributed by atoms with Gasteiger partial charge >= 0.3 is 6.18 Å². The number of likely N-dealkylation sites (N-methyl/N-ethyl adjacent to an activating group) is 1. The van der Waals surface area contributed by atoms with Gasteiger partial charge in [-0.3, -0.25) is 9.69 Å². The molecule has 1 saturated heterocycles. The second kappa shape index (κ2) is 8.32. The van der Waals surface area contributed by atoms with Gasteiger partial charge < -0.3 is 14.7 Å². The van der Waals surface area contributed by atoms with Crippen LogP contribution >= 0.6 is 0 Å². The lowest BCUT2D eigenvalue weighted by atomic mass is 10.0. The van der Waals surface area contributed by atoms with Gasteiger partial charge in [0.2, 0.25) is 0 Å². The second-order valence-electron chi connectivity index (χ2n) is 7.08. The number of benzene rings is 1. The summed E-state index contributed by atoms with van der Waals surface area (Å²) in [4.78, 5) is 16.8. The Morgan fingerprint density at radius 2 is 1.96 bits per heavy atom. The van der Waals surface area contributed by atoms with Gasteiger partial charge in [-0.05, 0) is 31.7 Å². The summed E-state index contributed by atoms with van der Waals surface area (Å²) in [5.41, 5.74) is -0.269. The van der Waals surface area contributed by atoms with Crippen molar-refractivity contribution in [3.8, 4) is 0 Å². The zero-order chi connectivity index (χ0) is 20.3. The molecule has 1 amide bonds. The Labute approximate surface area is 161 Å². The normalized spacial score (nSPS) is 17.5. The van der Waals surface area contributed by atoms with Crippen LogP contribution in [0.5, 0.6) is 0 Å². The van der Waals surface area contributed by atoms with Crippen LogP contribution in [0, 0.1) is 0 Å². The average Bonchev–Trinajstić information content (AvgIpc) is 3.12. The number of aromatic nitrogens is 1. The molecule has 0 radical (unpaired) electrons. The van der Waals surface area contributed by atoms with Gasteiger partial charge in [0, 0.05) is 32.2 Å². The molecule has 0 spiro atoms. The third kappa shape index (κ3) is 5.11. The van der Waals surface area contributed by atoms with E-state index >= 15 is 0 Å². The zero-order valence-corrected chi connectivity index (χ0v) is 15.8. The minimum absolute atomic E-state index is 0.114. The average molecular weight is 396 g/mol. The van der Waals surface area contributed by atoms with E-state index in [0.717, 1.165) is 38.3 Å². The molecule has 6 nitrogen and oxygen atoms in total. The van der Waals surface area contributed by atoms with E-state index < -0.39 is 23.7 Å². The van der Waals surface area contributed by atoms with Crippen LogP contribution in [0.1, 0.15) is 40.3 Å². The quantitative estimate of drug-likeness (QED) is 0.842. The number of nitrogens with zero attached hydrogens (tertiary/aromatic N) is 3. The van der Waals surface area contributed by atoms with Gasteiger partial charge in [0.15, 0.2) is 11.5 Å². The van der Waals surface area contributed by atoms with E-state index in [1.54, 1.807) is 19.1 Å². The van der Waals surface area contributed by atoms with Crippen LogP contribution in [0.4, 0.5) is 13.2 Å². The van der Waals surface area contributed by atoms with Crippen molar-refractivity contribution in [2.75, 3.05) is 33.2 Å². The van der Waals surface area contributed by atoms with Crippen molar-refractivity contribution in [3.63, 3.8) is 0 Å². The SMILES string of the molecule is C[C@@H](NC(=O)c1cc(CN2CCN(C)CC2)on1)c1cccc(C(F)(F)F)c1. The summed E-state index contributed by atoms with van der Waals surface area (Å²) >= 11 is 0. The summed E-state index contributed by atoms with van der Waals surface area (Å²) in [7, 11) is 2.07. The minimum atomic E-state index is -4.43. The van der Waals surface area contributed by atoms with Gasteiger partial charge in [-0.2, -0.15) is 13.2 Å². The molecule has 9 heteroatoms. The number of carbonyl (C=O) groups is 1. The van der Waals surface area contributed by atoms with Gasteiger partial charge in [0.05, 0.1) is 18.2 Å². The molecule has 0 saturated carbocycles. The molecule has 0 aliphatic carbocycles. The Kier molecular flexibility index (Phi) is 6.04. The van der Waals surface area contributed by atoms with Crippen LogP contribution in [0.2, 0.25) is 0 Å². The van der Waals surface area contributed by atoms with E-state index in [1.807, 2.05) is 0 Å². The van der Waals surface area contributed by atoms with E-state index in [2.05, 4.69) is 27.3 Å². The van der Waals surface area contributed by atoms with E-state index in [4.69, 9.17) is 4.52 Å². The van der Waals surface area contributed by atoms with Crippen molar-refractivity contribution in [1.82, 2.24) is 20.3 Å². The largest absolute Gasteiger partial charge is 0.416 e. The predicted octanol–water partition coefficient (Wildman–Crippen LogP) is 2.93. The fraction of sp³-hybridized carbons (Fsp3) is 0.474. The van der Waals surface area contributed by atoms with Crippen LogP contribution in [-0.4, -0.2) is 54.1 Å². The van der Waals surface area contributed by atoms with Gasteiger partial charge in [0.25, 0.3) is 5.91 Å². The Morgan fingerprint density at radius 1 is 1.25 bits per heavy atom. The summed E-state index contributed by atoms with van der Waals surface area (Å²) in [5, 5.41) is 6.46. The number of nitrogens with one attached hydrogen (secondary N) is 1. The molecule has 28 heavy (non-hydrogen) atoms. The lowest BCUT2D eigenvalue weighted by molar-refractivity contribution is -0.137. The third-order valence-electron chi connectivity index (χ3n) is 4.83. The minimum Gasteiger partial charge on any atom is -0.359 e. The molecule has 1 aromatic carbocycles. The molecule has 2 heterocycles. The number of carbonyl (C=O) groups excluding carboxylic acids is 1. The van der Waals surface area contributed by atoms with Gasteiger partial charge in [0.1, 0.15) is 0 Å². The molecule has 1 aromatic heterocycles. The van der Waals surface area contributed by atoms with Crippen molar-refractivity contribution in [1.29, 1.82) is 0 Å². The van der Waals surface area contributed by atoms with Gasteiger partial charge in [-0.15, -0.1) is 0 Å². The molecule has 1 N–H and O–H groups in total. The lowest BCUT2D eigenvalue weighted by Gasteiger charge is -2.31. The molecule has 0 bridgehead atoms. The number of hydrogen-bond acceptors (Lipinski definition) is 5. The third-order valence-corrected chi connectivity index (χ3v) is 4.83. The first-order chi connectivity index (χ1) is 13.2. The van der Waals surface area contributed by atoms with Crippen LogP contribution in [0.25, 0.3) is 0 Å². The first kappa shape index (κ1) is 20.3. The van der Waals surface area contributed by atoms with Crippen LogP contribution in [0.15, 0.2) is 34.9 Å². The molecule has 1 aliphatic rings. The van der Waals surface area contributed by atoms with Crippen molar-refractivity contribution >= 4 is 5.91 Å². The molecular formula is C19H23F3N4O2.